The molecule has 2 N–H and O–H groups in total. The molecule has 7 heteroatoms. The van der Waals surface area contributed by atoms with Crippen molar-refractivity contribution in [2.24, 2.45) is 10.8 Å². The van der Waals surface area contributed by atoms with Crippen molar-refractivity contribution in [2.45, 2.75) is 166 Å². The number of benzene rings is 9. The Balaban J connectivity index is 1.06. The van der Waals surface area contributed by atoms with Crippen LogP contribution >= 0.6 is 0 Å². The van der Waals surface area contributed by atoms with Gasteiger partial charge in [-0.1, -0.05) is 184 Å². The summed E-state index contributed by atoms with van der Waals surface area (Å²) in [6.07, 6.45) is 2.08. The molecule has 10 rings (SSSR count). The van der Waals surface area contributed by atoms with E-state index in [-0.39, 0.29) is 57.2 Å². The van der Waals surface area contributed by atoms with Crippen LogP contribution in [0.25, 0.3) is 82.4 Å². The van der Waals surface area contributed by atoms with Crippen molar-refractivity contribution < 1.29 is 28.5 Å². The van der Waals surface area contributed by atoms with E-state index in [9.17, 15) is 10.2 Å². The molecule has 0 spiro atoms. The molecule has 0 bridgehead atoms. The van der Waals surface area contributed by atoms with Gasteiger partial charge in [-0.05, 0) is 181 Å². The highest BCUT2D eigenvalue weighted by molar-refractivity contribution is 6.14. The minimum absolute atomic E-state index is 0.0184. The van der Waals surface area contributed by atoms with Crippen LogP contribution in [0.5, 0.6) is 23.0 Å². The van der Waals surface area contributed by atoms with E-state index in [1.54, 1.807) is 0 Å². The quantitative estimate of drug-likeness (QED) is 0.0841. The molecule has 5 nitrogen and oxygen atoms in total. The molecule has 0 aliphatic heterocycles. The van der Waals surface area contributed by atoms with E-state index in [0.717, 1.165) is 72.9 Å². The van der Waals surface area contributed by atoms with Crippen molar-refractivity contribution in [3.8, 4) is 62.1 Å². The standard InChI is InChI=1S/C79H89F2NO4/c1-47-34-55(80)43-63(61-37-53(78(15,16)45-74(3,4)5)39-65(70(61)83)69-57-26-21-19-24-49(57)36-50-25-20-22-27-58(50)69)72(47)85-32-23-33-86-73-48(2)35-56(81)44-64(73)62-38-54(79(17,18)46-75(6,7)8)42-68(71(62)84)82-66-40-51(76(9,10)11)28-30-59(66)60-31-29-52(41-67(60)82)77(12,13)14/h19-22,24-31,34-44,83-84H,23,32-33,45-46H2,1-18H3. The molecule has 1 heterocycles. The van der Waals surface area contributed by atoms with Crippen molar-refractivity contribution in [2.75, 3.05) is 13.2 Å². The summed E-state index contributed by atoms with van der Waals surface area (Å²) in [6, 6.07) is 46.3. The van der Waals surface area contributed by atoms with Gasteiger partial charge in [0.1, 0.15) is 34.6 Å². The number of halogens is 2. The minimum atomic E-state index is -0.444. The largest absolute Gasteiger partial charge is 0.507 e. The molecule has 448 valence electrons. The maximum Gasteiger partial charge on any atom is 0.147 e. The van der Waals surface area contributed by atoms with Crippen molar-refractivity contribution in [1.29, 1.82) is 0 Å². The Labute approximate surface area is 510 Å². The number of aryl methyl sites for hydroxylation is 2. The van der Waals surface area contributed by atoms with Crippen molar-refractivity contribution in [3.05, 3.63) is 185 Å². The van der Waals surface area contributed by atoms with Gasteiger partial charge in [0.2, 0.25) is 0 Å². The summed E-state index contributed by atoms with van der Waals surface area (Å²) < 4.78 is 48.0. The van der Waals surface area contributed by atoms with E-state index in [2.05, 4.69) is 194 Å². The Morgan fingerprint density at radius 2 is 0.814 bits per heavy atom. The number of fused-ring (bicyclic) bond motifs is 5. The van der Waals surface area contributed by atoms with E-state index < -0.39 is 11.6 Å². The normalized spacial score (nSPS) is 13.0. The van der Waals surface area contributed by atoms with E-state index in [4.69, 9.17) is 9.47 Å². The molecular weight excluding hydrogens is 1060 g/mol. The van der Waals surface area contributed by atoms with Gasteiger partial charge in [0.25, 0.3) is 0 Å². The Morgan fingerprint density at radius 1 is 0.407 bits per heavy atom. The number of hydrogen-bond donors (Lipinski definition) is 2. The summed E-state index contributed by atoms with van der Waals surface area (Å²) in [5, 5.41) is 32.3. The molecule has 0 atom stereocenters. The lowest BCUT2D eigenvalue weighted by atomic mass is 9.71. The fourth-order valence-corrected chi connectivity index (χ4v) is 13.8. The van der Waals surface area contributed by atoms with Crippen LogP contribution in [0.2, 0.25) is 0 Å². The number of aromatic nitrogens is 1. The Bertz CT molecular complexity index is 4140. The molecular formula is C79H89F2NO4. The van der Waals surface area contributed by atoms with Crippen molar-refractivity contribution >= 4 is 43.4 Å². The van der Waals surface area contributed by atoms with Crippen LogP contribution in [0.15, 0.2) is 140 Å². The van der Waals surface area contributed by atoms with Gasteiger partial charge in [-0.15, -0.1) is 0 Å². The van der Waals surface area contributed by atoms with Gasteiger partial charge in [0.15, 0.2) is 0 Å². The fourth-order valence-electron chi connectivity index (χ4n) is 13.8. The zero-order chi connectivity index (χ0) is 62.4. The van der Waals surface area contributed by atoms with Crippen LogP contribution < -0.4 is 9.47 Å². The number of phenols is 2. The number of ether oxygens (including phenoxy) is 2. The summed E-state index contributed by atoms with van der Waals surface area (Å²) in [4.78, 5) is 0. The first kappa shape index (κ1) is 61.4. The second kappa shape index (κ2) is 22.3. The third kappa shape index (κ3) is 12.2. The maximum atomic E-state index is 16.2. The number of phenolic OH excluding ortho intramolecular Hbond substituents is 2. The van der Waals surface area contributed by atoms with Gasteiger partial charge in [-0.25, -0.2) is 8.78 Å². The first-order valence-corrected chi connectivity index (χ1v) is 30.7. The average molecular weight is 1150 g/mol. The topological polar surface area (TPSA) is 63.8 Å². The van der Waals surface area contributed by atoms with Crippen LogP contribution in [0, 0.1) is 36.3 Å². The monoisotopic (exact) mass is 1150 g/mol. The lowest BCUT2D eigenvalue weighted by molar-refractivity contribution is 0.246. The van der Waals surface area contributed by atoms with Gasteiger partial charge >= 0.3 is 0 Å². The van der Waals surface area contributed by atoms with E-state index in [1.165, 1.54) is 35.4 Å². The average Bonchev–Trinajstić information content (AvgIpc) is 1.42. The number of hydrogen-bond acceptors (Lipinski definition) is 4. The van der Waals surface area contributed by atoms with Gasteiger partial charge in [-0.2, -0.15) is 0 Å². The first-order chi connectivity index (χ1) is 40.1. The zero-order valence-corrected chi connectivity index (χ0v) is 54.2. The molecule has 1 aromatic heterocycles. The minimum Gasteiger partial charge on any atom is -0.507 e. The van der Waals surface area contributed by atoms with Crippen LogP contribution in [0.1, 0.15) is 163 Å². The number of nitrogens with zero attached hydrogens (tertiary/aromatic N) is 1. The SMILES string of the molecule is Cc1cc(F)cc(-c2cc(C(C)(C)CC(C)(C)C)cc(-c3c4ccccc4cc4ccccc34)c2O)c1OCCCOc1c(C)cc(F)cc1-c1cc(C(C)(C)CC(C)(C)C)cc(-n2c3cc(C(C)(C)C)ccc3c3ccc(C(C)(C)C)cc32)c1O. The van der Waals surface area contributed by atoms with Gasteiger partial charge in [-0.3, -0.25) is 0 Å². The zero-order valence-electron chi connectivity index (χ0n) is 54.2. The van der Waals surface area contributed by atoms with Crippen molar-refractivity contribution in [1.82, 2.24) is 4.57 Å². The summed E-state index contributed by atoms with van der Waals surface area (Å²) in [7, 11) is 0. The van der Waals surface area contributed by atoms with Gasteiger partial charge in [0, 0.05) is 50.6 Å². The lowest BCUT2D eigenvalue weighted by Crippen LogP contribution is -2.25. The molecule has 10 aromatic rings. The first-order valence-electron chi connectivity index (χ1n) is 30.7. The van der Waals surface area contributed by atoms with Crippen LogP contribution in [0.3, 0.4) is 0 Å². The highest BCUT2D eigenvalue weighted by Gasteiger charge is 2.34. The van der Waals surface area contributed by atoms with Crippen molar-refractivity contribution in [3.63, 3.8) is 0 Å². The molecule has 0 saturated carbocycles. The number of rotatable bonds is 14. The molecule has 0 radical (unpaired) electrons. The molecule has 0 fully saturated rings. The predicted molar refractivity (Wildman–Crippen MR) is 358 cm³/mol. The molecule has 0 amide bonds. The van der Waals surface area contributed by atoms with Crippen LogP contribution in [0.4, 0.5) is 8.78 Å². The van der Waals surface area contributed by atoms with E-state index in [0.29, 0.717) is 62.6 Å². The van der Waals surface area contributed by atoms with E-state index in [1.807, 2.05) is 50.2 Å². The van der Waals surface area contributed by atoms with E-state index >= 15 is 8.78 Å². The molecule has 9 aromatic carbocycles. The summed E-state index contributed by atoms with van der Waals surface area (Å²) in [6.45, 7) is 39.8. The third-order valence-electron chi connectivity index (χ3n) is 17.3. The molecule has 0 aliphatic rings. The summed E-state index contributed by atoms with van der Waals surface area (Å²) in [5.74, 6) is 0.0889. The Kier molecular flexibility index (Phi) is 15.9. The predicted octanol–water partition coefficient (Wildman–Crippen LogP) is 22.3. The Morgan fingerprint density at radius 3 is 1.24 bits per heavy atom. The second-order valence-corrected chi connectivity index (χ2v) is 30.3. The Hall–Kier alpha value is -7.64. The molecule has 86 heavy (non-hydrogen) atoms. The highest BCUT2D eigenvalue weighted by atomic mass is 19.1. The maximum absolute atomic E-state index is 16.2. The fraction of sp³-hybridized carbons (Fsp3) is 0.367. The lowest BCUT2D eigenvalue weighted by Gasteiger charge is -2.34. The highest BCUT2D eigenvalue weighted by Crippen LogP contribution is 2.52. The van der Waals surface area contributed by atoms with Crippen LogP contribution in [-0.2, 0) is 21.7 Å². The van der Waals surface area contributed by atoms with Crippen LogP contribution in [-0.4, -0.2) is 28.0 Å². The summed E-state index contributed by atoms with van der Waals surface area (Å²) >= 11 is 0. The number of aromatic hydroxyl groups is 2. The summed E-state index contributed by atoms with van der Waals surface area (Å²) in [5.41, 5.74) is 10.4. The molecule has 0 aliphatic carbocycles. The third-order valence-corrected chi connectivity index (χ3v) is 17.3. The second-order valence-electron chi connectivity index (χ2n) is 30.3. The van der Waals surface area contributed by atoms with Gasteiger partial charge in [0.05, 0.1) is 29.9 Å². The smallest absolute Gasteiger partial charge is 0.147 e. The molecule has 0 unspecified atom stereocenters. The molecule has 0 saturated heterocycles. The van der Waals surface area contributed by atoms with Gasteiger partial charge < -0.3 is 24.3 Å².